The molecule has 1 fully saturated rings. The summed E-state index contributed by atoms with van der Waals surface area (Å²) >= 11 is 0. The molecule has 0 aromatic heterocycles. The van der Waals surface area contributed by atoms with Crippen LogP contribution in [0.4, 0.5) is 13.2 Å². The summed E-state index contributed by atoms with van der Waals surface area (Å²) in [5, 5.41) is 0. The van der Waals surface area contributed by atoms with Gasteiger partial charge in [-0.1, -0.05) is 6.07 Å². The highest BCUT2D eigenvalue weighted by Crippen LogP contribution is 2.31. The lowest BCUT2D eigenvalue weighted by atomic mass is 10.2. The van der Waals surface area contributed by atoms with E-state index in [0.717, 1.165) is 22.5 Å². The summed E-state index contributed by atoms with van der Waals surface area (Å²) in [5.74, 6) is -0.110. The van der Waals surface area contributed by atoms with E-state index in [1.807, 2.05) is 0 Å². The van der Waals surface area contributed by atoms with Gasteiger partial charge >= 0.3 is 6.18 Å². The molecule has 0 spiro atoms. The number of nitrogens with zero attached hydrogens (tertiary/aromatic N) is 2. The molecule has 1 aromatic carbocycles. The largest absolute Gasteiger partial charge is 0.416 e. The lowest BCUT2D eigenvalue weighted by molar-refractivity contribution is -0.137. The summed E-state index contributed by atoms with van der Waals surface area (Å²) < 4.78 is 95.1. The average Bonchev–Trinajstić information content (AvgIpc) is 2.61. The Kier molecular flexibility index (Phi) is 6.90. The summed E-state index contributed by atoms with van der Waals surface area (Å²) in [6.45, 7) is -0.0473. The van der Waals surface area contributed by atoms with Crippen LogP contribution >= 0.6 is 0 Å². The third-order valence-corrected chi connectivity index (χ3v) is 7.99. The molecule has 0 radical (unpaired) electrons. The second-order valence-corrected chi connectivity index (χ2v) is 10.0. The molecule has 0 saturated carbocycles. The van der Waals surface area contributed by atoms with Crippen LogP contribution in [-0.4, -0.2) is 71.1 Å². The third kappa shape index (κ3) is 5.41. The van der Waals surface area contributed by atoms with E-state index in [4.69, 9.17) is 4.74 Å². The quantitative estimate of drug-likeness (QED) is 0.611. The van der Waals surface area contributed by atoms with Crippen LogP contribution in [0.2, 0.25) is 0 Å². The van der Waals surface area contributed by atoms with Gasteiger partial charge in [-0.2, -0.15) is 21.8 Å². The van der Waals surface area contributed by atoms with Crippen molar-refractivity contribution in [2.45, 2.75) is 17.5 Å². The smallest absolute Gasteiger partial charge is 0.385 e. The van der Waals surface area contributed by atoms with Crippen molar-refractivity contribution in [3.63, 3.8) is 0 Å². The summed E-state index contributed by atoms with van der Waals surface area (Å²) in [5.41, 5.74) is -1.05. The fraction of sp³-hybridized carbons (Fsp3) is 0.600. The Labute approximate surface area is 156 Å². The molecular formula is C15H21F3N2O5S2. The number of benzene rings is 1. The van der Waals surface area contributed by atoms with Crippen molar-refractivity contribution in [3.05, 3.63) is 29.8 Å². The number of ether oxygens (including phenoxy) is 1. The van der Waals surface area contributed by atoms with Gasteiger partial charge in [0.15, 0.2) is 0 Å². The van der Waals surface area contributed by atoms with Crippen molar-refractivity contribution in [1.82, 2.24) is 8.61 Å². The second kappa shape index (κ2) is 8.43. The van der Waals surface area contributed by atoms with Crippen molar-refractivity contribution in [1.29, 1.82) is 0 Å². The highest BCUT2D eigenvalue weighted by Gasteiger charge is 2.35. The van der Waals surface area contributed by atoms with Crippen LogP contribution in [0, 0.1) is 0 Å². The first-order chi connectivity index (χ1) is 12.5. The van der Waals surface area contributed by atoms with Crippen LogP contribution < -0.4 is 0 Å². The number of rotatable bonds is 7. The number of alkyl halides is 3. The lowest BCUT2D eigenvalue weighted by Gasteiger charge is -2.33. The van der Waals surface area contributed by atoms with Crippen LogP contribution in [0.25, 0.3) is 0 Å². The van der Waals surface area contributed by atoms with Crippen LogP contribution in [0.3, 0.4) is 0 Å². The topological polar surface area (TPSA) is 84.0 Å². The molecule has 0 N–H and O–H groups in total. The first-order valence-electron chi connectivity index (χ1n) is 8.12. The minimum Gasteiger partial charge on any atom is -0.385 e. The Hall–Kier alpha value is -1.21. The number of halogens is 3. The van der Waals surface area contributed by atoms with Gasteiger partial charge in [0.1, 0.15) is 0 Å². The second-order valence-electron chi connectivity index (χ2n) is 5.99. The standard InChI is InChI=1S/C15H21F3N2O5S2/c1-25-10-3-11-26(21,22)19-6-8-20(9-7-19)27(23,24)14-5-2-4-13(12-14)15(16,17)18/h2,4-5,12H,3,6-11H2,1H3. The molecule has 7 nitrogen and oxygen atoms in total. The minimum absolute atomic E-state index is 0.0481. The highest BCUT2D eigenvalue weighted by atomic mass is 32.2. The molecule has 0 amide bonds. The summed E-state index contributed by atoms with van der Waals surface area (Å²) in [6.07, 6.45) is -4.33. The summed E-state index contributed by atoms with van der Waals surface area (Å²) in [4.78, 5) is -0.464. The fourth-order valence-electron chi connectivity index (χ4n) is 2.68. The molecule has 1 aliphatic rings. The van der Waals surface area contributed by atoms with Crippen molar-refractivity contribution in [3.8, 4) is 0 Å². The van der Waals surface area contributed by atoms with Gasteiger partial charge in [0.25, 0.3) is 0 Å². The number of hydrogen-bond donors (Lipinski definition) is 0. The molecule has 1 heterocycles. The zero-order chi connectivity index (χ0) is 20.3. The molecule has 27 heavy (non-hydrogen) atoms. The molecular weight excluding hydrogens is 409 g/mol. The van der Waals surface area contributed by atoms with Gasteiger partial charge in [-0.15, -0.1) is 0 Å². The van der Waals surface area contributed by atoms with Gasteiger partial charge in [-0.3, -0.25) is 0 Å². The number of hydrogen-bond acceptors (Lipinski definition) is 5. The maximum absolute atomic E-state index is 12.8. The molecule has 12 heteroatoms. The Morgan fingerprint density at radius 1 is 1.04 bits per heavy atom. The van der Waals surface area contributed by atoms with Gasteiger partial charge in [0.05, 0.1) is 16.2 Å². The zero-order valence-corrected chi connectivity index (χ0v) is 16.3. The first kappa shape index (κ1) is 22.1. The van der Waals surface area contributed by atoms with Crippen molar-refractivity contribution in [2.24, 2.45) is 0 Å². The van der Waals surface area contributed by atoms with Crippen LogP contribution in [0.1, 0.15) is 12.0 Å². The molecule has 1 saturated heterocycles. The van der Waals surface area contributed by atoms with Crippen molar-refractivity contribution < 1.29 is 34.7 Å². The predicted molar refractivity (Wildman–Crippen MR) is 92.1 cm³/mol. The van der Waals surface area contributed by atoms with Gasteiger partial charge in [0, 0.05) is 39.9 Å². The molecule has 0 atom stereocenters. The van der Waals surface area contributed by atoms with Crippen LogP contribution in [0.5, 0.6) is 0 Å². The van der Waals surface area contributed by atoms with E-state index in [2.05, 4.69) is 0 Å². The van der Waals surface area contributed by atoms with Gasteiger partial charge in [-0.05, 0) is 24.6 Å². The summed E-state index contributed by atoms with van der Waals surface area (Å²) in [6, 6.07) is 3.51. The lowest BCUT2D eigenvalue weighted by Crippen LogP contribution is -2.51. The van der Waals surface area contributed by atoms with E-state index < -0.39 is 36.7 Å². The maximum atomic E-state index is 12.8. The Balaban J connectivity index is 2.09. The van der Waals surface area contributed by atoms with E-state index in [0.29, 0.717) is 19.1 Å². The van der Waals surface area contributed by atoms with E-state index in [-0.39, 0.29) is 31.9 Å². The number of sulfonamides is 2. The summed E-state index contributed by atoms with van der Waals surface area (Å²) in [7, 11) is -6.21. The van der Waals surface area contributed by atoms with Gasteiger partial charge < -0.3 is 4.74 Å². The third-order valence-electron chi connectivity index (χ3n) is 4.14. The van der Waals surface area contributed by atoms with E-state index >= 15 is 0 Å². The monoisotopic (exact) mass is 430 g/mol. The molecule has 2 rings (SSSR count). The normalized spacial score (nSPS) is 17.9. The van der Waals surface area contributed by atoms with Crippen molar-refractivity contribution >= 4 is 20.0 Å². The Morgan fingerprint density at radius 3 is 2.19 bits per heavy atom. The average molecular weight is 430 g/mol. The van der Waals surface area contributed by atoms with E-state index in [1.165, 1.54) is 11.4 Å². The fourth-order valence-corrected chi connectivity index (χ4v) is 5.61. The molecule has 154 valence electrons. The van der Waals surface area contributed by atoms with Crippen LogP contribution in [0.15, 0.2) is 29.2 Å². The minimum atomic E-state index is -4.65. The number of methoxy groups -OCH3 is 1. The van der Waals surface area contributed by atoms with Gasteiger partial charge in [-0.25, -0.2) is 16.8 Å². The number of piperazine rings is 1. The molecule has 0 aliphatic carbocycles. The van der Waals surface area contributed by atoms with Crippen molar-refractivity contribution in [2.75, 3.05) is 45.6 Å². The first-order valence-corrected chi connectivity index (χ1v) is 11.2. The molecule has 1 aliphatic heterocycles. The van der Waals surface area contributed by atoms with Crippen LogP contribution in [-0.2, 0) is 31.0 Å². The predicted octanol–water partition coefficient (Wildman–Crippen LogP) is 1.38. The SMILES string of the molecule is COCCCS(=O)(=O)N1CCN(S(=O)(=O)c2cccc(C(F)(F)F)c2)CC1. The zero-order valence-electron chi connectivity index (χ0n) is 14.6. The molecule has 0 unspecified atom stereocenters. The molecule has 0 bridgehead atoms. The molecule has 1 aromatic rings. The Morgan fingerprint density at radius 2 is 1.63 bits per heavy atom. The van der Waals surface area contributed by atoms with E-state index in [9.17, 15) is 30.0 Å². The highest BCUT2D eigenvalue weighted by molar-refractivity contribution is 7.89. The van der Waals surface area contributed by atoms with E-state index in [1.54, 1.807) is 0 Å². The Bertz CT molecular complexity index is 848. The van der Waals surface area contributed by atoms with Gasteiger partial charge in [0.2, 0.25) is 20.0 Å². The maximum Gasteiger partial charge on any atom is 0.416 e.